The van der Waals surface area contributed by atoms with Crippen molar-refractivity contribution in [3.8, 4) is 0 Å². The van der Waals surface area contributed by atoms with Crippen LogP contribution in [0.4, 0.5) is 8.78 Å². The maximum absolute atomic E-state index is 13.3. The molecular weight excluding hydrogens is 196 g/mol. The first-order chi connectivity index (χ1) is 6.80. The lowest BCUT2D eigenvalue weighted by molar-refractivity contribution is 0.0165. The van der Waals surface area contributed by atoms with Gasteiger partial charge in [0, 0.05) is 18.5 Å². The molecule has 0 saturated carbocycles. The summed E-state index contributed by atoms with van der Waals surface area (Å²) in [6.07, 6.45) is 0.487. The molecule has 0 heterocycles. The van der Waals surface area contributed by atoms with Crippen molar-refractivity contribution in [2.45, 2.75) is 39.2 Å². The first kappa shape index (κ1) is 12.1. The summed E-state index contributed by atoms with van der Waals surface area (Å²) in [6, 6.07) is 4.88. The Balaban J connectivity index is 3.15. The smallest absolute Gasteiger partial charge is 0.270 e. The first-order valence-corrected chi connectivity index (χ1v) is 5.04. The van der Waals surface area contributed by atoms with Gasteiger partial charge in [-0.15, -0.1) is 0 Å². The van der Waals surface area contributed by atoms with Crippen LogP contribution in [-0.4, -0.2) is 6.04 Å². The molecular formula is C12H17F2N. The SMILES string of the molecule is Cc1ccc(C(C)(F)F)c(CC(C)N)c1. The number of aryl methyl sites for hydroxylation is 1. The monoisotopic (exact) mass is 213 g/mol. The van der Waals surface area contributed by atoms with Gasteiger partial charge in [0.25, 0.3) is 5.92 Å². The van der Waals surface area contributed by atoms with E-state index in [1.54, 1.807) is 12.1 Å². The van der Waals surface area contributed by atoms with E-state index in [9.17, 15) is 8.78 Å². The van der Waals surface area contributed by atoms with E-state index in [1.165, 1.54) is 6.07 Å². The summed E-state index contributed by atoms with van der Waals surface area (Å²) in [7, 11) is 0. The Morgan fingerprint density at radius 1 is 1.40 bits per heavy atom. The van der Waals surface area contributed by atoms with Crippen LogP contribution in [0.2, 0.25) is 0 Å². The lowest BCUT2D eigenvalue weighted by Crippen LogP contribution is -2.21. The van der Waals surface area contributed by atoms with Gasteiger partial charge < -0.3 is 5.73 Å². The summed E-state index contributed by atoms with van der Waals surface area (Å²) in [5.74, 6) is -2.79. The number of hydrogen-bond acceptors (Lipinski definition) is 1. The van der Waals surface area contributed by atoms with Gasteiger partial charge in [0.2, 0.25) is 0 Å². The topological polar surface area (TPSA) is 26.0 Å². The molecule has 2 N–H and O–H groups in total. The highest BCUT2D eigenvalue weighted by atomic mass is 19.3. The molecule has 0 aliphatic heterocycles. The summed E-state index contributed by atoms with van der Waals surface area (Å²) in [5, 5.41) is 0. The molecule has 1 aromatic rings. The molecule has 84 valence electrons. The van der Waals surface area contributed by atoms with Crippen molar-refractivity contribution in [3.63, 3.8) is 0 Å². The fourth-order valence-corrected chi connectivity index (χ4v) is 1.67. The molecule has 0 spiro atoms. The van der Waals surface area contributed by atoms with Gasteiger partial charge in [-0.05, 0) is 25.8 Å². The van der Waals surface area contributed by atoms with Gasteiger partial charge in [0.05, 0.1) is 0 Å². The average Bonchev–Trinajstić information content (AvgIpc) is 1.99. The zero-order valence-electron chi connectivity index (χ0n) is 9.35. The lowest BCUT2D eigenvalue weighted by Gasteiger charge is -2.17. The second kappa shape index (κ2) is 4.27. The molecule has 3 heteroatoms. The number of rotatable bonds is 3. The molecule has 0 radical (unpaired) electrons. The average molecular weight is 213 g/mol. The van der Waals surface area contributed by atoms with Crippen molar-refractivity contribution < 1.29 is 8.78 Å². The van der Waals surface area contributed by atoms with Gasteiger partial charge in [-0.1, -0.05) is 23.8 Å². The molecule has 1 unspecified atom stereocenters. The zero-order chi connectivity index (χ0) is 11.6. The molecule has 0 fully saturated rings. The maximum Gasteiger partial charge on any atom is 0.270 e. The third kappa shape index (κ3) is 3.27. The quantitative estimate of drug-likeness (QED) is 0.820. The second-order valence-electron chi connectivity index (χ2n) is 4.23. The number of benzene rings is 1. The minimum absolute atomic E-state index is 0.0883. The van der Waals surface area contributed by atoms with Crippen molar-refractivity contribution in [2.75, 3.05) is 0 Å². The van der Waals surface area contributed by atoms with Crippen LogP contribution >= 0.6 is 0 Å². The predicted molar refractivity (Wildman–Crippen MR) is 58.1 cm³/mol. The van der Waals surface area contributed by atoms with E-state index in [1.807, 2.05) is 13.8 Å². The zero-order valence-corrected chi connectivity index (χ0v) is 9.35. The summed E-state index contributed by atoms with van der Waals surface area (Å²) in [5.41, 5.74) is 7.37. The van der Waals surface area contributed by atoms with Gasteiger partial charge >= 0.3 is 0 Å². The van der Waals surface area contributed by atoms with Crippen LogP contribution in [0.3, 0.4) is 0 Å². The normalized spacial score (nSPS) is 14.0. The highest BCUT2D eigenvalue weighted by Crippen LogP contribution is 2.30. The van der Waals surface area contributed by atoms with Crippen molar-refractivity contribution >= 4 is 0 Å². The lowest BCUT2D eigenvalue weighted by atomic mass is 9.96. The van der Waals surface area contributed by atoms with Gasteiger partial charge in [-0.3, -0.25) is 0 Å². The Labute approximate surface area is 89.3 Å². The maximum atomic E-state index is 13.3. The molecule has 0 bridgehead atoms. The van der Waals surface area contributed by atoms with Crippen LogP contribution in [-0.2, 0) is 12.3 Å². The highest BCUT2D eigenvalue weighted by molar-refractivity contribution is 5.34. The van der Waals surface area contributed by atoms with Crippen LogP contribution in [0.1, 0.15) is 30.5 Å². The van der Waals surface area contributed by atoms with E-state index in [0.717, 1.165) is 12.5 Å². The molecule has 1 nitrogen and oxygen atoms in total. The number of halogens is 2. The van der Waals surface area contributed by atoms with Crippen molar-refractivity contribution in [1.82, 2.24) is 0 Å². The molecule has 0 aromatic heterocycles. The van der Waals surface area contributed by atoms with Crippen molar-refractivity contribution in [2.24, 2.45) is 5.73 Å². The second-order valence-corrected chi connectivity index (χ2v) is 4.23. The Morgan fingerprint density at radius 3 is 2.47 bits per heavy atom. The molecule has 0 amide bonds. The molecule has 0 aliphatic rings. The van der Waals surface area contributed by atoms with Crippen LogP contribution in [0, 0.1) is 6.92 Å². The predicted octanol–water partition coefficient (Wildman–Crippen LogP) is 3.00. The van der Waals surface area contributed by atoms with E-state index >= 15 is 0 Å². The molecule has 1 rings (SSSR count). The number of hydrogen-bond donors (Lipinski definition) is 1. The minimum atomic E-state index is -2.79. The van der Waals surface area contributed by atoms with Crippen LogP contribution in [0.15, 0.2) is 18.2 Å². The molecule has 15 heavy (non-hydrogen) atoms. The van der Waals surface area contributed by atoms with Gasteiger partial charge in [-0.25, -0.2) is 8.78 Å². The fraction of sp³-hybridized carbons (Fsp3) is 0.500. The first-order valence-electron chi connectivity index (χ1n) is 5.04. The van der Waals surface area contributed by atoms with Crippen LogP contribution in [0.5, 0.6) is 0 Å². The third-order valence-electron chi connectivity index (χ3n) is 2.28. The third-order valence-corrected chi connectivity index (χ3v) is 2.28. The summed E-state index contributed by atoms with van der Waals surface area (Å²) in [6.45, 7) is 4.63. The van der Waals surface area contributed by atoms with Crippen LogP contribution in [0.25, 0.3) is 0 Å². The Kier molecular flexibility index (Phi) is 3.45. The largest absolute Gasteiger partial charge is 0.328 e. The summed E-state index contributed by atoms with van der Waals surface area (Å²) in [4.78, 5) is 0. The number of alkyl halides is 2. The molecule has 1 aromatic carbocycles. The van der Waals surface area contributed by atoms with Crippen LogP contribution < -0.4 is 5.73 Å². The minimum Gasteiger partial charge on any atom is -0.328 e. The summed E-state index contributed by atoms with van der Waals surface area (Å²) >= 11 is 0. The molecule has 0 saturated heterocycles. The molecule has 0 aliphatic carbocycles. The standard InChI is InChI=1S/C12H17F2N/c1-8-4-5-11(12(3,13)14)10(6-8)7-9(2)15/h4-6,9H,7,15H2,1-3H3. The van der Waals surface area contributed by atoms with Crippen molar-refractivity contribution in [3.05, 3.63) is 34.9 Å². The van der Waals surface area contributed by atoms with Crippen molar-refractivity contribution in [1.29, 1.82) is 0 Å². The Morgan fingerprint density at radius 2 is 2.00 bits per heavy atom. The number of nitrogens with two attached hydrogens (primary N) is 1. The Bertz CT molecular complexity index is 340. The van der Waals surface area contributed by atoms with Gasteiger partial charge in [0.1, 0.15) is 0 Å². The van der Waals surface area contributed by atoms with Gasteiger partial charge in [-0.2, -0.15) is 0 Å². The summed E-state index contributed by atoms with van der Waals surface area (Å²) < 4.78 is 26.5. The molecule has 1 atom stereocenters. The van der Waals surface area contributed by atoms with E-state index < -0.39 is 5.92 Å². The van der Waals surface area contributed by atoms with E-state index in [0.29, 0.717) is 12.0 Å². The fourth-order valence-electron chi connectivity index (χ4n) is 1.67. The van der Waals surface area contributed by atoms with E-state index in [4.69, 9.17) is 5.73 Å². The van der Waals surface area contributed by atoms with Gasteiger partial charge in [0.15, 0.2) is 0 Å². The van der Waals surface area contributed by atoms with E-state index in [-0.39, 0.29) is 11.6 Å². The Hall–Kier alpha value is -0.960. The highest BCUT2D eigenvalue weighted by Gasteiger charge is 2.27. The van der Waals surface area contributed by atoms with E-state index in [2.05, 4.69) is 0 Å².